The molecule has 0 radical (unpaired) electrons. The number of halogens is 1. The van der Waals surface area contributed by atoms with Gasteiger partial charge in [0.1, 0.15) is 5.82 Å². The predicted octanol–water partition coefficient (Wildman–Crippen LogP) is 4.04. The molecule has 0 spiro atoms. The first-order chi connectivity index (χ1) is 8.33. The summed E-state index contributed by atoms with van der Waals surface area (Å²) >= 11 is 0. The Morgan fingerprint density at radius 2 is 1.59 bits per heavy atom. The zero-order chi connectivity index (χ0) is 11.7. The fourth-order valence-electron chi connectivity index (χ4n) is 1.86. The smallest absolute Gasteiger partial charge is 0.125 e. The molecule has 1 heterocycles. The van der Waals surface area contributed by atoms with Gasteiger partial charge in [0.25, 0.3) is 0 Å². The van der Waals surface area contributed by atoms with Crippen LogP contribution < -0.4 is 0 Å². The highest BCUT2D eigenvalue weighted by molar-refractivity contribution is 5.81. The Morgan fingerprint density at radius 1 is 0.824 bits per heavy atom. The van der Waals surface area contributed by atoms with Crippen LogP contribution in [0.4, 0.5) is 4.39 Å². The van der Waals surface area contributed by atoms with E-state index in [9.17, 15) is 4.39 Å². The molecule has 0 saturated carbocycles. The monoisotopic (exact) mass is 223 g/mol. The van der Waals surface area contributed by atoms with Gasteiger partial charge >= 0.3 is 0 Å². The second-order valence-electron chi connectivity index (χ2n) is 3.90. The van der Waals surface area contributed by atoms with Crippen LogP contribution in [0.5, 0.6) is 0 Å². The van der Waals surface area contributed by atoms with Gasteiger partial charge in [-0.3, -0.25) is 0 Å². The van der Waals surface area contributed by atoms with Gasteiger partial charge in [0, 0.05) is 17.0 Å². The Kier molecular flexibility index (Phi) is 2.33. The van der Waals surface area contributed by atoms with E-state index in [1.807, 2.05) is 42.5 Å². The SMILES string of the molecule is Fc1ccc2ccc(-c3ccccc3)nc2c1. The molecular formula is C15H10FN. The largest absolute Gasteiger partial charge is 0.248 e. The van der Waals surface area contributed by atoms with Crippen molar-refractivity contribution in [3.05, 3.63) is 66.5 Å². The summed E-state index contributed by atoms with van der Waals surface area (Å²) in [6, 6.07) is 18.4. The summed E-state index contributed by atoms with van der Waals surface area (Å²) < 4.78 is 13.1. The first kappa shape index (κ1) is 9.97. The summed E-state index contributed by atoms with van der Waals surface area (Å²) in [5, 5.41) is 0.950. The van der Waals surface area contributed by atoms with Crippen LogP contribution in [0.2, 0.25) is 0 Å². The van der Waals surface area contributed by atoms with Crippen LogP contribution in [0.3, 0.4) is 0 Å². The van der Waals surface area contributed by atoms with E-state index >= 15 is 0 Å². The van der Waals surface area contributed by atoms with E-state index < -0.39 is 0 Å². The van der Waals surface area contributed by atoms with Crippen molar-refractivity contribution >= 4 is 10.9 Å². The number of rotatable bonds is 1. The summed E-state index contributed by atoms with van der Waals surface area (Å²) in [7, 11) is 0. The van der Waals surface area contributed by atoms with E-state index in [0.29, 0.717) is 5.52 Å². The van der Waals surface area contributed by atoms with Crippen molar-refractivity contribution in [3.63, 3.8) is 0 Å². The standard InChI is InChI=1S/C15H10FN/c16-13-8-6-12-7-9-14(17-15(12)10-13)11-4-2-1-3-5-11/h1-10H. The molecule has 2 aromatic carbocycles. The third kappa shape index (κ3) is 1.89. The Morgan fingerprint density at radius 3 is 2.41 bits per heavy atom. The molecule has 0 amide bonds. The molecule has 1 nitrogen and oxygen atoms in total. The molecule has 0 unspecified atom stereocenters. The topological polar surface area (TPSA) is 12.9 Å². The van der Waals surface area contributed by atoms with E-state index in [1.165, 1.54) is 12.1 Å². The molecule has 3 rings (SSSR count). The van der Waals surface area contributed by atoms with Crippen molar-refractivity contribution in [2.24, 2.45) is 0 Å². The number of nitrogens with zero attached hydrogens (tertiary/aromatic N) is 1. The van der Waals surface area contributed by atoms with Crippen molar-refractivity contribution in [2.75, 3.05) is 0 Å². The molecule has 3 aromatic rings. The van der Waals surface area contributed by atoms with Crippen molar-refractivity contribution in [2.45, 2.75) is 0 Å². The van der Waals surface area contributed by atoms with Gasteiger partial charge in [0.2, 0.25) is 0 Å². The Labute approximate surface area is 98.6 Å². The van der Waals surface area contributed by atoms with E-state index in [2.05, 4.69) is 4.98 Å². The molecule has 17 heavy (non-hydrogen) atoms. The van der Waals surface area contributed by atoms with Gasteiger partial charge in [-0.25, -0.2) is 9.37 Å². The molecule has 0 bridgehead atoms. The Hall–Kier alpha value is -2.22. The highest BCUT2D eigenvalue weighted by Gasteiger charge is 2.01. The van der Waals surface area contributed by atoms with Gasteiger partial charge in [-0.2, -0.15) is 0 Å². The molecule has 0 aliphatic carbocycles. The van der Waals surface area contributed by atoms with Crippen LogP contribution in [-0.4, -0.2) is 4.98 Å². The molecule has 0 saturated heterocycles. The highest BCUT2D eigenvalue weighted by Crippen LogP contribution is 2.21. The van der Waals surface area contributed by atoms with E-state index in [4.69, 9.17) is 0 Å². The van der Waals surface area contributed by atoms with Gasteiger partial charge in [-0.1, -0.05) is 36.4 Å². The lowest BCUT2D eigenvalue weighted by atomic mass is 10.1. The molecule has 1 aromatic heterocycles. The van der Waals surface area contributed by atoms with E-state index in [-0.39, 0.29) is 5.82 Å². The third-order valence-corrected chi connectivity index (χ3v) is 2.72. The fourth-order valence-corrected chi connectivity index (χ4v) is 1.86. The van der Waals surface area contributed by atoms with Crippen molar-refractivity contribution in [3.8, 4) is 11.3 Å². The van der Waals surface area contributed by atoms with Crippen LogP contribution in [0.15, 0.2) is 60.7 Å². The third-order valence-electron chi connectivity index (χ3n) is 2.72. The Balaban J connectivity index is 2.19. The number of aromatic nitrogens is 1. The quantitative estimate of drug-likeness (QED) is 0.606. The lowest BCUT2D eigenvalue weighted by molar-refractivity contribution is 0.629. The van der Waals surface area contributed by atoms with Gasteiger partial charge < -0.3 is 0 Å². The van der Waals surface area contributed by atoms with Gasteiger partial charge in [-0.15, -0.1) is 0 Å². The average molecular weight is 223 g/mol. The van der Waals surface area contributed by atoms with Crippen LogP contribution in [0.1, 0.15) is 0 Å². The summed E-state index contributed by atoms with van der Waals surface area (Å²) in [6.45, 7) is 0. The first-order valence-electron chi connectivity index (χ1n) is 5.45. The van der Waals surface area contributed by atoms with Crippen molar-refractivity contribution < 1.29 is 4.39 Å². The number of hydrogen-bond donors (Lipinski definition) is 0. The fraction of sp³-hybridized carbons (Fsp3) is 0. The van der Waals surface area contributed by atoms with Gasteiger partial charge in [0.05, 0.1) is 11.2 Å². The molecule has 0 fully saturated rings. The summed E-state index contributed by atoms with van der Waals surface area (Å²) in [6.07, 6.45) is 0. The summed E-state index contributed by atoms with van der Waals surface area (Å²) in [5.74, 6) is -0.254. The maximum Gasteiger partial charge on any atom is 0.125 e. The number of fused-ring (bicyclic) bond motifs is 1. The van der Waals surface area contributed by atoms with Crippen LogP contribution in [0, 0.1) is 5.82 Å². The zero-order valence-corrected chi connectivity index (χ0v) is 9.10. The predicted molar refractivity (Wildman–Crippen MR) is 67.1 cm³/mol. The lowest BCUT2D eigenvalue weighted by Gasteiger charge is -2.03. The second-order valence-corrected chi connectivity index (χ2v) is 3.90. The number of hydrogen-bond acceptors (Lipinski definition) is 1. The maximum absolute atomic E-state index is 13.1. The molecule has 0 aliphatic rings. The minimum Gasteiger partial charge on any atom is -0.248 e. The lowest BCUT2D eigenvalue weighted by Crippen LogP contribution is -1.85. The molecule has 0 N–H and O–H groups in total. The first-order valence-corrected chi connectivity index (χ1v) is 5.45. The summed E-state index contributed by atoms with van der Waals surface area (Å²) in [5.41, 5.74) is 2.59. The number of benzene rings is 2. The minimum atomic E-state index is -0.254. The molecule has 82 valence electrons. The maximum atomic E-state index is 13.1. The average Bonchev–Trinajstić information content (AvgIpc) is 2.39. The normalized spacial score (nSPS) is 10.6. The van der Waals surface area contributed by atoms with Crippen molar-refractivity contribution in [1.82, 2.24) is 4.98 Å². The van der Waals surface area contributed by atoms with Crippen LogP contribution >= 0.6 is 0 Å². The van der Waals surface area contributed by atoms with Crippen LogP contribution in [-0.2, 0) is 0 Å². The van der Waals surface area contributed by atoms with Gasteiger partial charge in [-0.05, 0) is 18.2 Å². The van der Waals surface area contributed by atoms with E-state index in [0.717, 1.165) is 16.6 Å². The number of pyridine rings is 1. The van der Waals surface area contributed by atoms with Crippen LogP contribution in [0.25, 0.3) is 22.2 Å². The highest BCUT2D eigenvalue weighted by atomic mass is 19.1. The Bertz CT molecular complexity index is 662. The van der Waals surface area contributed by atoms with Gasteiger partial charge in [0.15, 0.2) is 0 Å². The van der Waals surface area contributed by atoms with Crippen molar-refractivity contribution in [1.29, 1.82) is 0 Å². The zero-order valence-electron chi connectivity index (χ0n) is 9.10. The van der Waals surface area contributed by atoms with E-state index in [1.54, 1.807) is 6.07 Å². The summed E-state index contributed by atoms with van der Waals surface area (Å²) in [4.78, 5) is 4.47. The second kappa shape index (κ2) is 3.98. The molecular weight excluding hydrogens is 213 g/mol. The molecule has 0 atom stereocenters. The minimum absolute atomic E-state index is 0.254. The molecule has 0 aliphatic heterocycles. The molecule has 2 heteroatoms.